The van der Waals surface area contributed by atoms with Crippen LogP contribution in [0.25, 0.3) is 16.0 Å². The van der Waals surface area contributed by atoms with E-state index in [1.165, 1.54) is 28.2 Å². The highest BCUT2D eigenvalue weighted by Gasteiger charge is 2.37. The van der Waals surface area contributed by atoms with E-state index in [0.29, 0.717) is 30.0 Å². The standard InChI is InChI=1S/C21H20F2N6OS2/c22-19(23)15-9-17(29-21(27-15)24-10-26-29)13(5-7-31)16-2-1-6-28(16)20(30)12-3-4-14-18(8-12)32-11-25-14/h3-4,8-11,13,16,19,31H,1-2,5-7H2. The highest BCUT2D eigenvalue weighted by molar-refractivity contribution is 7.80. The predicted molar refractivity (Wildman–Crippen MR) is 121 cm³/mol. The fraction of sp³-hybridized carbons (Fsp3) is 0.381. The summed E-state index contributed by atoms with van der Waals surface area (Å²) in [5, 5.41) is 4.21. The zero-order valence-electron chi connectivity index (χ0n) is 16.9. The van der Waals surface area contributed by atoms with E-state index in [4.69, 9.17) is 0 Å². The molecule has 0 N–H and O–H groups in total. The second-order valence-electron chi connectivity index (χ2n) is 7.74. The average molecular weight is 475 g/mol. The van der Waals surface area contributed by atoms with Crippen molar-refractivity contribution in [2.45, 2.75) is 37.6 Å². The third kappa shape index (κ3) is 3.73. The van der Waals surface area contributed by atoms with Gasteiger partial charge in [-0.1, -0.05) is 0 Å². The third-order valence-electron chi connectivity index (χ3n) is 5.95. The van der Waals surface area contributed by atoms with Crippen LogP contribution in [-0.4, -0.2) is 53.7 Å². The number of likely N-dealkylation sites (tertiary alicyclic amines) is 1. The molecule has 0 spiro atoms. The molecule has 4 aromatic rings. The number of amides is 1. The lowest BCUT2D eigenvalue weighted by molar-refractivity contribution is 0.0713. The molecular weight excluding hydrogens is 454 g/mol. The molecule has 2 atom stereocenters. The first-order valence-electron chi connectivity index (χ1n) is 10.3. The summed E-state index contributed by atoms with van der Waals surface area (Å²) in [7, 11) is 0. The molecule has 5 rings (SSSR count). The lowest BCUT2D eigenvalue weighted by Gasteiger charge is -2.32. The molecule has 7 nitrogen and oxygen atoms in total. The topological polar surface area (TPSA) is 76.3 Å². The summed E-state index contributed by atoms with van der Waals surface area (Å²) >= 11 is 5.91. The van der Waals surface area contributed by atoms with Gasteiger partial charge in [-0.3, -0.25) is 4.79 Å². The first kappa shape index (κ1) is 21.2. The Morgan fingerprint density at radius 3 is 2.97 bits per heavy atom. The Balaban J connectivity index is 1.53. The summed E-state index contributed by atoms with van der Waals surface area (Å²) in [4.78, 5) is 27.6. The molecule has 11 heteroatoms. The molecule has 1 aromatic carbocycles. The minimum Gasteiger partial charge on any atom is -0.335 e. The monoisotopic (exact) mass is 474 g/mol. The lowest BCUT2D eigenvalue weighted by Crippen LogP contribution is -2.40. The zero-order chi connectivity index (χ0) is 22.2. The van der Waals surface area contributed by atoms with Crippen LogP contribution in [0.4, 0.5) is 8.78 Å². The fourth-order valence-electron chi connectivity index (χ4n) is 4.52. The minimum absolute atomic E-state index is 0.0649. The zero-order valence-corrected chi connectivity index (χ0v) is 18.6. The van der Waals surface area contributed by atoms with Crippen molar-refractivity contribution in [1.82, 2.24) is 29.5 Å². The van der Waals surface area contributed by atoms with Gasteiger partial charge in [0.25, 0.3) is 18.1 Å². The number of benzene rings is 1. The number of hydrogen-bond donors (Lipinski definition) is 1. The summed E-state index contributed by atoms with van der Waals surface area (Å²) in [6.45, 7) is 0.612. The van der Waals surface area contributed by atoms with Crippen LogP contribution in [0.1, 0.15) is 53.4 Å². The Morgan fingerprint density at radius 2 is 2.16 bits per heavy atom. The van der Waals surface area contributed by atoms with E-state index < -0.39 is 6.43 Å². The molecule has 3 aromatic heterocycles. The van der Waals surface area contributed by atoms with Crippen molar-refractivity contribution in [2.75, 3.05) is 12.3 Å². The van der Waals surface area contributed by atoms with Gasteiger partial charge in [0.15, 0.2) is 0 Å². The van der Waals surface area contributed by atoms with E-state index in [1.807, 2.05) is 17.0 Å². The average Bonchev–Trinajstić information content (AvgIpc) is 3.55. The van der Waals surface area contributed by atoms with Gasteiger partial charge in [0.2, 0.25) is 0 Å². The van der Waals surface area contributed by atoms with Crippen LogP contribution in [0, 0.1) is 0 Å². The molecule has 1 saturated heterocycles. The minimum atomic E-state index is -2.72. The van der Waals surface area contributed by atoms with Crippen molar-refractivity contribution in [2.24, 2.45) is 0 Å². The highest BCUT2D eigenvalue weighted by Crippen LogP contribution is 2.36. The van der Waals surface area contributed by atoms with E-state index in [9.17, 15) is 13.6 Å². The molecule has 4 heterocycles. The number of thiol groups is 1. The lowest BCUT2D eigenvalue weighted by atomic mass is 9.90. The van der Waals surface area contributed by atoms with Gasteiger partial charge in [-0.2, -0.15) is 22.7 Å². The van der Waals surface area contributed by atoms with Gasteiger partial charge >= 0.3 is 0 Å². The van der Waals surface area contributed by atoms with E-state index >= 15 is 0 Å². The number of rotatable bonds is 6. The van der Waals surface area contributed by atoms with Crippen molar-refractivity contribution in [3.05, 3.63) is 53.1 Å². The SMILES string of the molecule is O=C(c1ccc2ncsc2c1)N1CCCC1C(CCS)c1cc(C(F)F)nc2ncnn12. The molecule has 0 saturated carbocycles. The number of carbonyl (C=O) groups is 1. The molecule has 1 amide bonds. The van der Waals surface area contributed by atoms with Gasteiger partial charge in [0, 0.05) is 24.1 Å². The maximum atomic E-state index is 13.5. The molecule has 32 heavy (non-hydrogen) atoms. The van der Waals surface area contributed by atoms with Crippen molar-refractivity contribution in [3.63, 3.8) is 0 Å². The Morgan fingerprint density at radius 1 is 1.28 bits per heavy atom. The summed E-state index contributed by atoms with van der Waals surface area (Å²) in [6.07, 6.45) is 0.804. The third-order valence-corrected chi connectivity index (χ3v) is 7.00. The van der Waals surface area contributed by atoms with Gasteiger partial charge in [0.05, 0.1) is 21.4 Å². The molecule has 166 valence electrons. The van der Waals surface area contributed by atoms with E-state index in [2.05, 4.69) is 32.7 Å². The molecular formula is C21H20F2N6OS2. The number of fused-ring (bicyclic) bond motifs is 2. The summed E-state index contributed by atoms with van der Waals surface area (Å²) in [5.74, 6) is 0.382. The number of alkyl halides is 2. The van der Waals surface area contributed by atoms with Crippen molar-refractivity contribution >= 4 is 45.9 Å². The second kappa shape index (κ2) is 8.70. The van der Waals surface area contributed by atoms with Gasteiger partial charge in [-0.15, -0.1) is 11.3 Å². The maximum absolute atomic E-state index is 13.5. The molecule has 1 aliphatic heterocycles. The van der Waals surface area contributed by atoms with Crippen LogP contribution < -0.4 is 0 Å². The molecule has 1 fully saturated rings. The Bertz CT molecular complexity index is 1280. The van der Waals surface area contributed by atoms with Crippen LogP contribution >= 0.6 is 24.0 Å². The van der Waals surface area contributed by atoms with E-state index in [1.54, 1.807) is 11.6 Å². The van der Waals surface area contributed by atoms with Crippen LogP contribution in [0.15, 0.2) is 36.1 Å². The first-order chi connectivity index (χ1) is 15.6. The largest absolute Gasteiger partial charge is 0.335 e. The number of nitrogens with zero attached hydrogens (tertiary/aromatic N) is 6. The second-order valence-corrected chi connectivity index (χ2v) is 9.07. The number of halogens is 2. The molecule has 2 unspecified atom stereocenters. The van der Waals surface area contributed by atoms with Crippen molar-refractivity contribution < 1.29 is 13.6 Å². The van der Waals surface area contributed by atoms with Gasteiger partial charge in [0.1, 0.15) is 12.0 Å². The number of aromatic nitrogens is 5. The van der Waals surface area contributed by atoms with Crippen molar-refractivity contribution in [3.8, 4) is 0 Å². The Hall–Kier alpha value is -2.66. The van der Waals surface area contributed by atoms with Gasteiger partial charge in [-0.25, -0.2) is 23.3 Å². The summed E-state index contributed by atoms with van der Waals surface area (Å²) in [6, 6.07) is 6.75. The molecule has 0 aliphatic carbocycles. The van der Waals surface area contributed by atoms with Gasteiger partial charge in [-0.05, 0) is 49.3 Å². The normalized spacial score (nSPS) is 17.6. The molecule has 1 aliphatic rings. The number of thiazole rings is 1. The smallest absolute Gasteiger partial charge is 0.280 e. The van der Waals surface area contributed by atoms with E-state index in [-0.39, 0.29) is 29.3 Å². The van der Waals surface area contributed by atoms with Gasteiger partial charge < -0.3 is 4.90 Å². The predicted octanol–water partition coefficient (Wildman–Crippen LogP) is 4.38. The van der Waals surface area contributed by atoms with Crippen LogP contribution in [0.5, 0.6) is 0 Å². The maximum Gasteiger partial charge on any atom is 0.280 e. The molecule has 0 bridgehead atoms. The van der Waals surface area contributed by atoms with Crippen LogP contribution in [-0.2, 0) is 0 Å². The first-order valence-corrected chi connectivity index (χ1v) is 11.8. The quantitative estimate of drug-likeness (QED) is 0.420. The van der Waals surface area contributed by atoms with E-state index in [0.717, 1.165) is 23.1 Å². The fourth-order valence-corrected chi connectivity index (χ4v) is 5.52. The number of hydrogen-bond acceptors (Lipinski definition) is 7. The summed E-state index contributed by atoms with van der Waals surface area (Å²) < 4.78 is 29.5. The number of carbonyl (C=O) groups excluding carboxylic acids is 1. The van der Waals surface area contributed by atoms with Crippen molar-refractivity contribution in [1.29, 1.82) is 0 Å². The Kier molecular flexibility index (Phi) is 5.76. The van der Waals surface area contributed by atoms with Crippen LogP contribution in [0.2, 0.25) is 0 Å². The molecule has 0 radical (unpaired) electrons. The highest BCUT2D eigenvalue weighted by atomic mass is 32.1. The van der Waals surface area contributed by atoms with Crippen LogP contribution in [0.3, 0.4) is 0 Å². The Labute approximate surface area is 191 Å². The summed E-state index contributed by atoms with van der Waals surface area (Å²) in [5.41, 5.74) is 3.47.